The van der Waals surface area contributed by atoms with Crippen molar-refractivity contribution in [1.29, 1.82) is 0 Å². The number of aromatic nitrogens is 1. The Labute approximate surface area is 186 Å². The van der Waals surface area contributed by atoms with Crippen LogP contribution in [0.3, 0.4) is 0 Å². The fourth-order valence-electron chi connectivity index (χ4n) is 3.08. The lowest BCUT2D eigenvalue weighted by molar-refractivity contribution is 0.429. The monoisotopic (exact) mass is 504 g/mol. The number of aryl methyl sites for hydroxylation is 1. The highest BCUT2D eigenvalue weighted by Crippen LogP contribution is 2.39. The first kappa shape index (κ1) is 20.8. The fourth-order valence-corrected chi connectivity index (χ4v) is 5.32. The van der Waals surface area contributed by atoms with Gasteiger partial charge in [-0.25, -0.2) is 0 Å². The molecule has 2 aromatic carbocycles. The molecule has 4 rings (SSSR count). The van der Waals surface area contributed by atoms with Crippen LogP contribution in [0.25, 0.3) is 10.4 Å². The highest BCUT2D eigenvalue weighted by Gasteiger charge is 2.24. The standard InChI is InChI=1S/C21H17BrN2O4S2/c1-13-19(22)21(28-24-13)23-17-9-5-8-16(20(17)30(25,26)27)18-11-10-15(29-18)12-14-6-3-2-4-7-14/h2-11,23H,12H2,1H3,(H,25,26,27). The summed E-state index contributed by atoms with van der Waals surface area (Å²) >= 11 is 4.84. The minimum absolute atomic E-state index is 0.199. The number of thiophene rings is 1. The fraction of sp³-hybridized carbons (Fsp3) is 0.0952. The van der Waals surface area contributed by atoms with Gasteiger partial charge in [-0.1, -0.05) is 47.6 Å². The molecular formula is C21H17BrN2O4S2. The van der Waals surface area contributed by atoms with Gasteiger partial charge in [0.15, 0.2) is 0 Å². The van der Waals surface area contributed by atoms with Crippen molar-refractivity contribution < 1.29 is 17.5 Å². The van der Waals surface area contributed by atoms with E-state index in [1.165, 1.54) is 16.9 Å². The largest absolute Gasteiger partial charge is 0.337 e. The minimum Gasteiger partial charge on any atom is -0.337 e. The molecule has 154 valence electrons. The van der Waals surface area contributed by atoms with Crippen LogP contribution in [0, 0.1) is 6.92 Å². The highest BCUT2D eigenvalue weighted by molar-refractivity contribution is 9.10. The Hall–Kier alpha value is -2.46. The summed E-state index contributed by atoms with van der Waals surface area (Å²) in [5.74, 6) is 0.255. The van der Waals surface area contributed by atoms with Crippen molar-refractivity contribution in [2.45, 2.75) is 18.2 Å². The molecule has 0 bridgehead atoms. The molecule has 0 aliphatic carbocycles. The smallest absolute Gasteiger partial charge is 0.297 e. The molecule has 0 spiro atoms. The Kier molecular flexibility index (Phi) is 5.79. The van der Waals surface area contributed by atoms with Crippen LogP contribution < -0.4 is 5.32 Å². The summed E-state index contributed by atoms with van der Waals surface area (Å²) in [7, 11) is -4.52. The maximum atomic E-state index is 12.3. The molecule has 0 radical (unpaired) electrons. The summed E-state index contributed by atoms with van der Waals surface area (Å²) < 4.78 is 40.3. The van der Waals surface area contributed by atoms with Crippen molar-refractivity contribution in [3.8, 4) is 10.4 Å². The Morgan fingerprint density at radius 2 is 1.87 bits per heavy atom. The first-order valence-corrected chi connectivity index (χ1v) is 12.0. The van der Waals surface area contributed by atoms with Crippen molar-refractivity contribution in [3.63, 3.8) is 0 Å². The molecule has 0 saturated carbocycles. The zero-order valence-electron chi connectivity index (χ0n) is 15.8. The van der Waals surface area contributed by atoms with Gasteiger partial charge in [0.2, 0.25) is 5.88 Å². The Bertz CT molecular complexity index is 1300. The van der Waals surface area contributed by atoms with E-state index in [-0.39, 0.29) is 16.5 Å². The van der Waals surface area contributed by atoms with Gasteiger partial charge in [0.05, 0.1) is 11.4 Å². The van der Waals surface area contributed by atoms with E-state index in [2.05, 4.69) is 26.4 Å². The molecule has 0 atom stereocenters. The molecule has 0 fully saturated rings. The van der Waals surface area contributed by atoms with Crippen LogP contribution in [0.1, 0.15) is 16.1 Å². The Morgan fingerprint density at radius 3 is 2.53 bits per heavy atom. The lowest BCUT2D eigenvalue weighted by atomic mass is 10.1. The number of nitrogens with one attached hydrogen (secondary N) is 1. The van der Waals surface area contributed by atoms with Gasteiger partial charge in [-0.15, -0.1) is 11.3 Å². The number of halogens is 1. The summed E-state index contributed by atoms with van der Waals surface area (Å²) in [4.78, 5) is 1.62. The molecule has 0 amide bonds. The number of rotatable bonds is 6. The van der Waals surface area contributed by atoms with Gasteiger partial charge in [-0.05, 0) is 46.6 Å². The molecule has 2 N–H and O–H groups in total. The van der Waals surface area contributed by atoms with Crippen LogP contribution in [0.2, 0.25) is 0 Å². The SMILES string of the molecule is Cc1noc(Nc2cccc(-c3ccc(Cc4ccccc4)s3)c2S(=O)(=O)O)c1Br. The highest BCUT2D eigenvalue weighted by atomic mass is 79.9. The second-order valence-electron chi connectivity index (χ2n) is 6.62. The van der Waals surface area contributed by atoms with Crippen LogP contribution in [0.4, 0.5) is 11.6 Å². The van der Waals surface area contributed by atoms with Crippen molar-refractivity contribution in [2.75, 3.05) is 5.32 Å². The maximum Gasteiger partial charge on any atom is 0.297 e. The molecule has 9 heteroatoms. The second-order valence-corrected chi connectivity index (χ2v) is 9.94. The lowest BCUT2D eigenvalue weighted by Crippen LogP contribution is -2.05. The molecule has 0 saturated heterocycles. The Morgan fingerprint density at radius 1 is 1.10 bits per heavy atom. The molecule has 30 heavy (non-hydrogen) atoms. The third-order valence-electron chi connectivity index (χ3n) is 4.46. The third-order valence-corrected chi connectivity index (χ3v) is 7.47. The second kappa shape index (κ2) is 8.35. The summed E-state index contributed by atoms with van der Waals surface area (Å²) in [5, 5.41) is 6.75. The average Bonchev–Trinajstić information content (AvgIpc) is 3.30. The quantitative estimate of drug-likeness (QED) is 0.310. The van der Waals surface area contributed by atoms with Gasteiger partial charge in [-0.3, -0.25) is 4.55 Å². The lowest BCUT2D eigenvalue weighted by Gasteiger charge is -2.12. The minimum atomic E-state index is -4.52. The van der Waals surface area contributed by atoms with Crippen LogP contribution >= 0.6 is 27.3 Å². The number of hydrogen-bond acceptors (Lipinski definition) is 6. The van der Waals surface area contributed by atoms with Crippen molar-refractivity contribution in [1.82, 2.24) is 5.16 Å². The number of hydrogen-bond donors (Lipinski definition) is 2. The molecular weight excluding hydrogens is 488 g/mol. The van der Waals surface area contributed by atoms with E-state index < -0.39 is 10.1 Å². The number of anilines is 2. The van der Waals surface area contributed by atoms with E-state index in [0.717, 1.165) is 16.2 Å². The topological polar surface area (TPSA) is 92.4 Å². The summed E-state index contributed by atoms with van der Waals surface area (Å²) in [6.45, 7) is 1.75. The van der Waals surface area contributed by atoms with Crippen LogP contribution in [-0.2, 0) is 16.5 Å². The predicted molar refractivity (Wildman–Crippen MR) is 121 cm³/mol. The van der Waals surface area contributed by atoms with Gasteiger partial charge in [-0.2, -0.15) is 8.42 Å². The van der Waals surface area contributed by atoms with Crippen molar-refractivity contribution in [2.24, 2.45) is 0 Å². The van der Waals surface area contributed by atoms with Gasteiger partial charge in [0, 0.05) is 21.7 Å². The number of nitrogens with zero attached hydrogens (tertiary/aromatic N) is 1. The zero-order valence-corrected chi connectivity index (χ0v) is 19.0. The summed E-state index contributed by atoms with van der Waals surface area (Å²) in [6.07, 6.45) is 0.745. The van der Waals surface area contributed by atoms with E-state index >= 15 is 0 Å². The van der Waals surface area contributed by atoms with E-state index in [4.69, 9.17) is 4.52 Å². The molecule has 2 heterocycles. The first-order valence-electron chi connectivity index (χ1n) is 8.95. The number of benzene rings is 2. The normalized spacial score (nSPS) is 11.6. The van der Waals surface area contributed by atoms with E-state index in [1.807, 2.05) is 42.5 Å². The van der Waals surface area contributed by atoms with E-state index in [0.29, 0.717) is 15.7 Å². The summed E-state index contributed by atoms with van der Waals surface area (Å²) in [5.41, 5.74) is 2.40. The molecule has 2 aromatic heterocycles. The maximum absolute atomic E-state index is 12.3. The Balaban J connectivity index is 1.74. The third kappa shape index (κ3) is 4.34. The molecule has 6 nitrogen and oxygen atoms in total. The molecule has 0 aliphatic rings. The predicted octanol–water partition coefficient (Wildman–Crippen LogP) is 6.06. The summed E-state index contributed by atoms with van der Waals surface area (Å²) in [6, 6.07) is 18.8. The molecule has 0 aliphatic heterocycles. The van der Waals surface area contributed by atoms with E-state index in [9.17, 15) is 13.0 Å². The zero-order chi connectivity index (χ0) is 21.3. The van der Waals surface area contributed by atoms with E-state index in [1.54, 1.807) is 25.1 Å². The van der Waals surface area contributed by atoms with Crippen molar-refractivity contribution >= 4 is 49.0 Å². The van der Waals surface area contributed by atoms with Crippen LogP contribution in [0.5, 0.6) is 0 Å². The van der Waals surface area contributed by atoms with Gasteiger partial charge < -0.3 is 9.84 Å². The van der Waals surface area contributed by atoms with Gasteiger partial charge in [0.1, 0.15) is 9.37 Å². The van der Waals surface area contributed by atoms with Crippen LogP contribution in [-0.4, -0.2) is 18.1 Å². The van der Waals surface area contributed by atoms with Crippen LogP contribution in [0.15, 0.2) is 74.6 Å². The van der Waals surface area contributed by atoms with Gasteiger partial charge in [0.25, 0.3) is 10.1 Å². The molecule has 4 aromatic rings. The average molecular weight is 505 g/mol. The molecule has 0 unspecified atom stereocenters. The van der Waals surface area contributed by atoms with Gasteiger partial charge >= 0.3 is 0 Å². The first-order chi connectivity index (χ1) is 14.3. The van der Waals surface area contributed by atoms with Crippen molar-refractivity contribution in [3.05, 3.63) is 81.3 Å².